The Morgan fingerprint density at radius 2 is 2.00 bits per heavy atom. The largest absolute Gasteiger partial charge is 0.497 e. The quantitative estimate of drug-likeness (QED) is 0.876. The maximum atomic E-state index is 12.2. The number of anilines is 1. The zero-order chi connectivity index (χ0) is 16.7. The fourth-order valence-corrected chi connectivity index (χ4v) is 2.74. The van der Waals surface area contributed by atoms with Gasteiger partial charge in [0.05, 0.1) is 7.11 Å². The van der Waals surface area contributed by atoms with Gasteiger partial charge in [0.15, 0.2) is 0 Å². The number of carbonyl (C=O) groups excluding carboxylic acids is 2. The summed E-state index contributed by atoms with van der Waals surface area (Å²) in [5.74, 6) is 0.846. The van der Waals surface area contributed by atoms with E-state index in [4.69, 9.17) is 4.74 Å². The second-order valence-electron chi connectivity index (χ2n) is 5.79. The number of likely N-dealkylation sites (tertiary alicyclic amines) is 1. The summed E-state index contributed by atoms with van der Waals surface area (Å²) in [5, 5.41) is 5.44. The van der Waals surface area contributed by atoms with Crippen LogP contribution in [-0.4, -0.2) is 43.1 Å². The first-order valence-corrected chi connectivity index (χ1v) is 8.08. The first-order valence-electron chi connectivity index (χ1n) is 8.08. The van der Waals surface area contributed by atoms with Crippen molar-refractivity contribution in [3.63, 3.8) is 0 Å². The van der Waals surface area contributed by atoms with Crippen LogP contribution < -0.4 is 15.4 Å². The number of hydrogen-bond acceptors (Lipinski definition) is 3. The van der Waals surface area contributed by atoms with E-state index in [0.29, 0.717) is 24.7 Å². The highest BCUT2D eigenvalue weighted by Gasteiger charge is 2.22. The number of ether oxygens (including phenoxy) is 1. The van der Waals surface area contributed by atoms with Gasteiger partial charge in [-0.1, -0.05) is 0 Å². The normalized spacial score (nSPS) is 17.5. The Hall–Kier alpha value is -2.24. The molecule has 0 aliphatic carbocycles. The Bertz CT molecular complexity index is 530. The molecule has 126 valence electrons. The smallest absolute Gasteiger partial charge is 0.319 e. The molecule has 0 aromatic heterocycles. The number of nitrogens with one attached hydrogen (secondary N) is 2. The van der Waals surface area contributed by atoms with Crippen LogP contribution in [0.2, 0.25) is 0 Å². The summed E-state index contributed by atoms with van der Waals surface area (Å²) in [7, 11) is 1.59. The minimum atomic E-state index is -0.311. The molecule has 1 fully saturated rings. The van der Waals surface area contributed by atoms with Crippen molar-refractivity contribution in [3.05, 3.63) is 24.3 Å². The van der Waals surface area contributed by atoms with Gasteiger partial charge in [-0.3, -0.25) is 4.79 Å². The highest BCUT2D eigenvalue weighted by molar-refractivity contribution is 5.89. The molecule has 0 unspecified atom stereocenters. The number of amides is 3. The Kier molecular flexibility index (Phi) is 6.26. The van der Waals surface area contributed by atoms with Gasteiger partial charge in [-0.15, -0.1) is 0 Å². The molecule has 1 aliphatic heterocycles. The SMILES string of the molecule is COc1ccc(NC(=O)NCCC(=O)N2CCCC[C@@H]2C)cc1. The van der Waals surface area contributed by atoms with Gasteiger partial charge in [0.2, 0.25) is 5.91 Å². The number of benzene rings is 1. The van der Waals surface area contributed by atoms with Crippen molar-refractivity contribution >= 4 is 17.6 Å². The van der Waals surface area contributed by atoms with Crippen molar-refractivity contribution in [1.82, 2.24) is 10.2 Å². The average molecular weight is 319 g/mol. The van der Waals surface area contributed by atoms with Crippen LogP contribution in [0, 0.1) is 0 Å². The number of urea groups is 1. The van der Waals surface area contributed by atoms with Gasteiger partial charge < -0.3 is 20.3 Å². The maximum absolute atomic E-state index is 12.2. The number of piperidine rings is 1. The molecule has 2 rings (SSSR count). The summed E-state index contributed by atoms with van der Waals surface area (Å²) < 4.78 is 5.06. The maximum Gasteiger partial charge on any atom is 0.319 e. The van der Waals surface area contributed by atoms with Crippen LogP contribution in [0.25, 0.3) is 0 Å². The van der Waals surface area contributed by atoms with Gasteiger partial charge in [0.25, 0.3) is 0 Å². The predicted octanol–water partition coefficient (Wildman–Crippen LogP) is 2.61. The third-order valence-electron chi connectivity index (χ3n) is 4.10. The van der Waals surface area contributed by atoms with Crippen molar-refractivity contribution in [2.45, 2.75) is 38.6 Å². The van der Waals surface area contributed by atoms with Crippen molar-refractivity contribution in [1.29, 1.82) is 0 Å². The third-order valence-corrected chi connectivity index (χ3v) is 4.10. The summed E-state index contributed by atoms with van der Waals surface area (Å²) in [6, 6.07) is 7.07. The first-order chi connectivity index (χ1) is 11.1. The van der Waals surface area contributed by atoms with E-state index < -0.39 is 0 Å². The molecule has 1 saturated heterocycles. The molecule has 1 aliphatic rings. The first kappa shape index (κ1) is 17.1. The van der Waals surface area contributed by atoms with Crippen LogP contribution in [0.15, 0.2) is 24.3 Å². The van der Waals surface area contributed by atoms with E-state index in [-0.39, 0.29) is 11.9 Å². The molecule has 3 amide bonds. The third kappa shape index (κ3) is 5.16. The fourth-order valence-electron chi connectivity index (χ4n) is 2.74. The molecular formula is C17H25N3O3. The van der Waals surface area contributed by atoms with E-state index in [9.17, 15) is 9.59 Å². The fraction of sp³-hybridized carbons (Fsp3) is 0.529. The summed E-state index contributed by atoms with van der Waals surface area (Å²) in [6.45, 7) is 3.25. The van der Waals surface area contributed by atoms with E-state index in [1.165, 1.54) is 6.42 Å². The predicted molar refractivity (Wildman–Crippen MR) is 89.7 cm³/mol. The number of nitrogens with zero attached hydrogens (tertiary/aromatic N) is 1. The average Bonchev–Trinajstić information content (AvgIpc) is 2.56. The second-order valence-corrected chi connectivity index (χ2v) is 5.79. The van der Waals surface area contributed by atoms with E-state index in [1.807, 2.05) is 4.90 Å². The molecule has 0 saturated carbocycles. The molecule has 0 bridgehead atoms. The Labute approximate surface area is 137 Å². The monoisotopic (exact) mass is 319 g/mol. The second kappa shape index (κ2) is 8.41. The van der Waals surface area contributed by atoms with Crippen molar-refractivity contribution in [2.75, 3.05) is 25.5 Å². The molecule has 23 heavy (non-hydrogen) atoms. The van der Waals surface area contributed by atoms with E-state index in [1.54, 1.807) is 31.4 Å². The Morgan fingerprint density at radius 3 is 2.65 bits per heavy atom. The Balaban J connectivity index is 1.70. The summed E-state index contributed by atoms with van der Waals surface area (Å²) in [5.41, 5.74) is 0.680. The molecule has 1 aromatic carbocycles. The van der Waals surface area contributed by atoms with Crippen LogP contribution in [0.3, 0.4) is 0 Å². The number of rotatable bonds is 5. The molecule has 1 aromatic rings. The van der Waals surface area contributed by atoms with Crippen LogP contribution >= 0.6 is 0 Å². The number of hydrogen-bond donors (Lipinski definition) is 2. The topological polar surface area (TPSA) is 70.7 Å². The van der Waals surface area contributed by atoms with Gasteiger partial charge >= 0.3 is 6.03 Å². The lowest BCUT2D eigenvalue weighted by Gasteiger charge is -2.33. The zero-order valence-corrected chi connectivity index (χ0v) is 13.8. The van der Waals surface area contributed by atoms with Gasteiger partial charge in [0.1, 0.15) is 5.75 Å². The van der Waals surface area contributed by atoms with Crippen LogP contribution in [0.5, 0.6) is 5.75 Å². The van der Waals surface area contributed by atoms with E-state index in [2.05, 4.69) is 17.6 Å². The number of methoxy groups -OCH3 is 1. The molecule has 0 radical (unpaired) electrons. The summed E-state index contributed by atoms with van der Waals surface area (Å²) >= 11 is 0. The molecule has 0 spiro atoms. The lowest BCUT2D eigenvalue weighted by molar-refractivity contribution is -0.134. The molecule has 6 heteroatoms. The molecule has 6 nitrogen and oxygen atoms in total. The summed E-state index contributed by atoms with van der Waals surface area (Å²) in [4.78, 5) is 25.9. The molecule has 2 N–H and O–H groups in total. The lowest BCUT2D eigenvalue weighted by atomic mass is 10.0. The van der Waals surface area contributed by atoms with Crippen LogP contribution in [0.1, 0.15) is 32.6 Å². The van der Waals surface area contributed by atoms with E-state index in [0.717, 1.165) is 25.1 Å². The van der Waals surface area contributed by atoms with Gasteiger partial charge in [-0.25, -0.2) is 4.79 Å². The standard InChI is InChI=1S/C17H25N3O3/c1-13-5-3-4-12-20(13)16(21)10-11-18-17(22)19-14-6-8-15(23-2)9-7-14/h6-9,13H,3-5,10-12H2,1-2H3,(H2,18,19,22)/t13-/m0/s1. The van der Waals surface area contributed by atoms with Gasteiger partial charge in [-0.05, 0) is 50.5 Å². The number of carbonyl (C=O) groups is 2. The van der Waals surface area contributed by atoms with E-state index >= 15 is 0 Å². The van der Waals surface area contributed by atoms with Crippen LogP contribution in [0.4, 0.5) is 10.5 Å². The Morgan fingerprint density at radius 1 is 1.26 bits per heavy atom. The van der Waals surface area contributed by atoms with Crippen molar-refractivity contribution < 1.29 is 14.3 Å². The summed E-state index contributed by atoms with van der Waals surface area (Å²) in [6.07, 6.45) is 3.66. The minimum Gasteiger partial charge on any atom is -0.497 e. The van der Waals surface area contributed by atoms with Crippen molar-refractivity contribution in [3.8, 4) is 5.75 Å². The van der Waals surface area contributed by atoms with Crippen LogP contribution in [-0.2, 0) is 4.79 Å². The minimum absolute atomic E-state index is 0.113. The van der Waals surface area contributed by atoms with Gasteiger partial charge in [0, 0.05) is 31.2 Å². The van der Waals surface area contributed by atoms with Crippen molar-refractivity contribution in [2.24, 2.45) is 0 Å². The molecule has 1 heterocycles. The molecular weight excluding hydrogens is 294 g/mol. The highest BCUT2D eigenvalue weighted by atomic mass is 16.5. The van der Waals surface area contributed by atoms with Gasteiger partial charge in [-0.2, -0.15) is 0 Å². The molecule has 1 atom stereocenters. The zero-order valence-electron chi connectivity index (χ0n) is 13.8. The highest BCUT2D eigenvalue weighted by Crippen LogP contribution is 2.17. The lowest BCUT2D eigenvalue weighted by Crippen LogP contribution is -2.43.